The third-order valence-electron chi connectivity index (χ3n) is 2.79. The smallest absolute Gasteiger partial charge is 0.147 e. The van der Waals surface area contributed by atoms with Gasteiger partial charge >= 0.3 is 0 Å². The zero-order valence-corrected chi connectivity index (χ0v) is 12.0. The summed E-state index contributed by atoms with van der Waals surface area (Å²) < 4.78 is 5.15. The topological polar surface area (TPSA) is 50.3 Å². The molecular weight excluding hydrogens is 228 g/mol. The van der Waals surface area contributed by atoms with Gasteiger partial charge in [-0.1, -0.05) is 13.8 Å². The van der Waals surface area contributed by atoms with E-state index >= 15 is 0 Å². The minimum Gasteiger partial charge on any atom is -0.383 e. The largest absolute Gasteiger partial charge is 0.383 e. The number of hydrogen-bond acceptors (Lipinski definition) is 5. The molecule has 0 spiro atoms. The lowest BCUT2D eigenvalue weighted by atomic mass is 10.3. The summed E-state index contributed by atoms with van der Waals surface area (Å²) in [7, 11) is 3.71. The molecule has 0 aliphatic rings. The molecule has 0 aromatic carbocycles. The zero-order chi connectivity index (χ0) is 13.5. The lowest BCUT2D eigenvalue weighted by molar-refractivity contribution is 0.183. The Kier molecular flexibility index (Phi) is 6.01. The van der Waals surface area contributed by atoms with E-state index < -0.39 is 0 Å². The van der Waals surface area contributed by atoms with Gasteiger partial charge in [0, 0.05) is 32.9 Å². The second-order valence-corrected chi connectivity index (χ2v) is 4.82. The van der Waals surface area contributed by atoms with Gasteiger partial charge in [-0.25, -0.2) is 4.98 Å². The highest BCUT2D eigenvalue weighted by molar-refractivity contribution is 5.36. The van der Waals surface area contributed by atoms with Crippen LogP contribution in [-0.2, 0) is 11.3 Å². The summed E-state index contributed by atoms with van der Waals surface area (Å²) in [6.07, 6.45) is 3.58. The molecule has 1 aromatic heterocycles. The lowest BCUT2D eigenvalue weighted by Crippen LogP contribution is -2.33. The van der Waals surface area contributed by atoms with E-state index in [1.165, 1.54) is 0 Å². The van der Waals surface area contributed by atoms with Gasteiger partial charge in [-0.3, -0.25) is 4.98 Å². The molecule has 0 fully saturated rings. The van der Waals surface area contributed by atoms with Gasteiger partial charge in [0.05, 0.1) is 24.5 Å². The Morgan fingerprint density at radius 3 is 2.67 bits per heavy atom. The predicted octanol–water partition coefficient (Wildman–Crippen LogP) is 1.45. The Morgan fingerprint density at radius 2 is 2.06 bits per heavy atom. The van der Waals surface area contributed by atoms with E-state index in [1.807, 2.05) is 7.05 Å². The molecule has 5 heteroatoms. The summed E-state index contributed by atoms with van der Waals surface area (Å²) in [5.74, 6) is 0.877. The number of nitrogens with zero attached hydrogens (tertiary/aromatic N) is 3. The number of ether oxygens (including phenoxy) is 1. The van der Waals surface area contributed by atoms with E-state index in [-0.39, 0.29) is 6.04 Å². The van der Waals surface area contributed by atoms with Gasteiger partial charge in [0.15, 0.2) is 0 Å². The Balaban J connectivity index is 2.68. The summed E-state index contributed by atoms with van der Waals surface area (Å²) >= 11 is 0. The maximum atomic E-state index is 5.15. The molecule has 5 nitrogen and oxygen atoms in total. The van der Waals surface area contributed by atoms with Gasteiger partial charge in [0.2, 0.25) is 0 Å². The number of methoxy groups -OCH3 is 1. The first-order valence-corrected chi connectivity index (χ1v) is 6.30. The van der Waals surface area contributed by atoms with Crippen molar-refractivity contribution in [1.82, 2.24) is 15.3 Å². The van der Waals surface area contributed by atoms with Crippen molar-refractivity contribution in [3.05, 3.63) is 18.1 Å². The molecule has 1 rings (SSSR count). The van der Waals surface area contributed by atoms with Crippen LogP contribution in [0.1, 0.15) is 26.5 Å². The molecule has 1 aromatic rings. The fourth-order valence-corrected chi connectivity index (χ4v) is 1.54. The maximum absolute atomic E-state index is 5.15. The van der Waals surface area contributed by atoms with Crippen molar-refractivity contribution >= 4 is 5.82 Å². The van der Waals surface area contributed by atoms with E-state index in [4.69, 9.17) is 4.74 Å². The molecule has 1 heterocycles. The van der Waals surface area contributed by atoms with Crippen LogP contribution in [0.2, 0.25) is 0 Å². The van der Waals surface area contributed by atoms with E-state index in [0.29, 0.717) is 12.6 Å². The Morgan fingerprint density at radius 1 is 1.33 bits per heavy atom. The molecule has 1 atom stereocenters. The van der Waals surface area contributed by atoms with Crippen LogP contribution in [0, 0.1) is 0 Å². The number of anilines is 1. The van der Waals surface area contributed by atoms with E-state index in [9.17, 15) is 0 Å². The van der Waals surface area contributed by atoms with Gasteiger partial charge in [-0.05, 0) is 6.92 Å². The number of likely N-dealkylation sites (N-methyl/N-ethyl adjacent to an activating group) is 1. The van der Waals surface area contributed by atoms with E-state index in [2.05, 4.69) is 41.0 Å². The summed E-state index contributed by atoms with van der Waals surface area (Å²) in [6, 6.07) is 0.721. The minimum absolute atomic E-state index is 0.276. The zero-order valence-electron chi connectivity index (χ0n) is 12.0. The van der Waals surface area contributed by atoms with Gasteiger partial charge in [0.1, 0.15) is 5.82 Å². The summed E-state index contributed by atoms with van der Waals surface area (Å²) in [6.45, 7) is 7.75. The third-order valence-corrected chi connectivity index (χ3v) is 2.79. The minimum atomic E-state index is 0.276. The van der Waals surface area contributed by atoms with Crippen molar-refractivity contribution in [3.8, 4) is 0 Å². The molecular formula is C13H24N4O. The monoisotopic (exact) mass is 252 g/mol. The summed E-state index contributed by atoms with van der Waals surface area (Å²) in [5, 5.41) is 3.34. The molecule has 1 N–H and O–H groups in total. The normalized spacial score (nSPS) is 12.8. The standard InChI is InChI=1S/C13H24N4O/c1-10(2)15-7-12-6-14-8-13(16-12)17(4)11(3)9-18-5/h6,8,10-11,15H,7,9H2,1-5H3. The van der Waals surface area contributed by atoms with Crippen molar-refractivity contribution in [3.63, 3.8) is 0 Å². The van der Waals surface area contributed by atoms with Crippen molar-refractivity contribution in [1.29, 1.82) is 0 Å². The van der Waals surface area contributed by atoms with Crippen molar-refractivity contribution in [2.45, 2.75) is 39.4 Å². The third kappa shape index (κ3) is 4.58. The van der Waals surface area contributed by atoms with Gasteiger partial charge in [-0.15, -0.1) is 0 Å². The van der Waals surface area contributed by atoms with Crippen molar-refractivity contribution in [2.75, 3.05) is 25.7 Å². The van der Waals surface area contributed by atoms with Gasteiger partial charge in [0.25, 0.3) is 0 Å². The van der Waals surface area contributed by atoms with Crippen LogP contribution in [0.25, 0.3) is 0 Å². The molecule has 0 radical (unpaired) electrons. The molecule has 1 unspecified atom stereocenters. The second kappa shape index (κ2) is 7.28. The Labute approximate surface area is 110 Å². The molecule has 102 valence electrons. The fraction of sp³-hybridized carbons (Fsp3) is 0.692. The molecule has 0 aliphatic carbocycles. The average molecular weight is 252 g/mol. The molecule has 0 amide bonds. The number of nitrogens with one attached hydrogen (secondary N) is 1. The molecule has 18 heavy (non-hydrogen) atoms. The van der Waals surface area contributed by atoms with Crippen molar-refractivity contribution in [2.24, 2.45) is 0 Å². The number of rotatable bonds is 7. The van der Waals surface area contributed by atoms with E-state index in [1.54, 1.807) is 19.5 Å². The fourth-order valence-electron chi connectivity index (χ4n) is 1.54. The van der Waals surface area contributed by atoms with Crippen LogP contribution < -0.4 is 10.2 Å². The average Bonchev–Trinajstić information content (AvgIpc) is 2.36. The summed E-state index contributed by atoms with van der Waals surface area (Å²) in [4.78, 5) is 10.9. The number of aromatic nitrogens is 2. The van der Waals surface area contributed by atoms with Crippen LogP contribution in [0.15, 0.2) is 12.4 Å². The highest BCUT2D eigenvalue weighted by Gasteiger charge is 2.11. The second-order valence-electron chi connectivity index (χ2n) is 4.82. The SMILES string of the molecule is COCC(C)N(C)c1cncc(CNC(C)C)n1. The summed E-state index contributed by atoms with van der Waals surface area (Å²) in [5.41, 5.74) is 0.956. The maximum Gasteiger partial charge on any atom is 0.147 e. The first kappa shape index (κ1) is 14.9. The molecule has 0 aliphatic heterocycles. The van der Waals surface area contributed by atoms with Gasteiger partial charge < -0.3 is 15.0 Å². The molecule has 0 bridgehead atoms. The Bertz CT molecular complexity index is 357. The lowest BCUT2D eigenvalue weighted by Gasteiger charge is -2.25. The number of hydrogen-bond donors (Lipinski definition) is 1. The van der Waals surface area contributed by atoms with Crippen LogP contribution in [0.5, 0.6) is 0 Å². The molecule has 0 saturated carbocycles. The van der Waals surface area contributed by atoms with Crippen molar-refractivity contribution < 1.29 is 4.74 Å². The van der Waals surface area contributed by atoms with Crippen LogP contribution >= 0.6 is 0 Å². The van der Waals surface area contributed by atoms with Gasteiger partial charge in [-0.2, -0.15) is 0 Å². The highest BCUT2D eigenvalue weighted by atomic mass is 16.5. The van der Waals surface area contributed by atoms with Crippen LogP contribution in [-0.4, -0.2) is 42.8 Å². The quantitative estimate of drug-likeness (QED) is 0.796. The first-order chi connectivity index (χ1) is 8.54. The predicted molar refractivity (Wildman–Crippen MR) is 73.7 cm³/mol. The van der Waals surface area contributed by atoms with Crippen LogP contribution in [0.4, 0.5) is 5.82 Å². The Hall–Kier alpha value is -1.20. The highest BCUT2D eigenvalue weighted by Crippen LogP contribution is 2.11. The van der Waals surface area contributed by atoms with Crippen LogP contribution in [0.3, 0.4) is 0 Å². The first-order valence-electron chi connectivity index (χ1n) is 6.30. The molecule has 0 saturated heterocycles. The van der Waals surface area contributed by atoms with E-state index in [0.717, 1.165) is 18.1 Å².